The van der Waals surface area contributed by atoms with Gasteiger partial charge in [-0.15, -0.1) is 0 Å². The zero-order chi connectivity index (χ0) is 19.1. The summed E-state index contributed by atoms with van der Waals surface area (Å²) in [5, 5.41) is 3.28. The fourth-order valence-corrected chi connectivity index (χ4v) is 3.26. The van der Waals surface area contributed by atoms with Crippen LogP contribution in [-0.4, -0.2) is 57.8 Å². The van der Waals surface area contributed by atoms with Crippen molar-refractivity contribution in [3.05, 3.63) is 48.5 Å². The van der Waals surface area contributed by atoms with E-state index in [-0.39, 0.29) is 5.91 Å². The van der Waals surface area contributed by atoms with Gasteiger partial charge in [-0.2, -0.15) is 0 Å². The molecule has 0 unspecified atom stereocenters. The van der Waals surface area contributed by atoms with Gasteiger partial charge in [-0.3, -0.25) is 4.79 Å². The average molecular weight is 369 g/mol. The zero-order valence-electron chi connectivity index (χ0n) is 16.0. The highest BCUT2D eigenvalue weighted by molar-refractivity contribution is 5.77. The Morgan fingerprint density at radius 1 is 0.963 bits per heavy atom. The van der Waals surface area contributed by atoms with Gasteiger partial charge in [-0.05, 0) is 36.4 Å². The minimum absolute atomic E-state index is 0.187. The van der Waals surface area contributed by atoms with Crippen LogP contribution in [0.4, 0.5) is 11.4 Å². The minimum atomic E-state index is 0.187. The van der Waals surface area contributed by atoms with Gasteiger partial charge < -0.3 is 24.6 Å². The first kappa shape index (κ1) is 18.9. The van der Waals surface area contributed by atoms with Crippen LogP contribution in [0.15, 0.2) is 48.5 Å². The number of nitrogens with zero attached hydrogens (tertiary/aromatic N) is 2. The van der Waals surface area contributed by atoms with E-state index in [0.717, 1.165) is 43.4 Å². The first-order valence-electron chi connectivity index (χ1n) is 9.25. The predicted octanol–water partition coefficient (Wildman–Crippen LogP) is 2.85. The second kappa shape index (κ2) is 9.16. The number of methoxy groups -OCH3 is 2. The standard InChI is InChI=1S/C21H27N3O3/c1-26-18-9-7-17(8-10-18)23-13-15-24(16-14-23)21(25)11-12-22-19-5-3-4-6-20(19)27-2/h3-10,22H,11-16H2,1-2H3. The molecule has 1 N–H and O–H groups in total. The highest BCUT2D eigenvalue weighted by Crippen LogP contribution is 2.23. The van der Waals surface area contributed by atoms with Crippen LogP contribution in [0.1, 0.15) is 6.42 Å². The SMILES string of the molecule is COc1ccc(N2CCN(C(=O)CCNc3ccccc3OC)CC2)cc1. The molecule has 1 aliphatic rings. The lowest BCUT2D eigenvalue weighted by molar-refractivity contribution is -0.131. The Bertz CT molecular complexity index is 741. The van der Waals surface area contributed by atoms with Crippen molar-refractivity contribution in [1.29, 1.82) is 0 Å². The Balaban J connectivity index is 1.44. The number of nitrogens with one attached hydrogen (secondary N) is 1. The fourth-order valence-electron chi connectivity index (χ4n) is 3.26. The summed E-state index contributed by atoms with van der Waals surface area (Å²) in [4.78, 5) is 16.7. The van der Waals surface area contributed by atoms with Crippen molar-refractivity contribution in [1.82, 2.24) is 4.90 Å². The third kappa shape index (κ3) is 4.84. The van der Waals surface area contributed by atoms with Crippen LogP contribution < -0.4 is 19.7 Å². The van der Waals surface area contributed by atoms with Gasteiger partial charge in [0.25, 0.3) is 0 Å². The number of amides is 1. The highest BCUT2D eigenvalue weighted by Gasteiger charge is 2.21. The van der Waals surface area contributed by atoms with E-state index in [1.54, 1.807) is 14.2 Å². The molecule has 1 amide bonds. The molecule has 1 fully saturated rings. The molecule has 1 saturated heterocycles. The van der Waals surface area contributed by atoms with Crippen molar-refractivity contribution in [3.63, 3.8) is 0 Å². The Labute approximate surface area is 160 Å². The van der Waals surface area contributed by atoms with Crippen molar-refractivity contribution in [3.8, 4) is 11.5 Å². The number of anilines is 2. The van der Waals surface area contributed by atoms with Crippen molar-refractivity contribution in [2.45, 2.75) is 6.42 Å². The van der Waals surface area contributed by atoms with Crippen LogP contribution in [0.2, 0.25) is 0 Å². The monoisotopic (exact) mass is 369 g/mol. The summed E-state index contributed by atoms with van der Waals surface area (Å²) >= 11 is 0. The molecule has 0 saturated carbocycles. The predicted molar refractivity (Wildman–Crippen MR) is 108 cm³/mol. The molecule has 0 atom stereocenters. The van der Waals surface area contributed by atoms with E-state index in [1.165, 1.54) is 5.69 Å². The molecule has 144 valence electrons. The molecule has 3 rings (SSSR count). The maximum Gasteiger partial charge on any atom is 0.224 e. The first-order chi connectivity index (χ1) is 13.2. The first-order valence-corrected chi connectivity index (χ1v) is 9.25. The van der Waals surface area contributed by atoms with Crippen LogP contribution in [0.3, 0.4) is 0 Å². The highest BCUT2D eigenvalue weighted by atomic mass is 16.5. The largest absolute Gasteiger partial charge is 0.497 e. The van der Waals surface area contributed by atoms with Gasteiger partial charge in [0.2, 0.25) is 5.91 Å². The molecule has 2 aromatic rings. The Hall–Kier alpha value is -2.89. The Morgan fingerprint density at radius 2 is 1.67 bits per heavy atom. The lowest BCUT2D eigenvalue weighted by Crippen LogP contribution is -2.49. The second-order valence-electron chi connectivity index (χ2n) is 6.44. The molecule has 0 bridgehead atoms. The summed E-state index contributed by atoms with van der Waals surface area (Å²) in [6, 6.07) is 15.8. The third-order valence-corrected chi connectivity index (χ3v) is 4.83. The van der Waals surface area contributed by atoms with Crippen molar-refractivity contribution >= 4 is 17.3 Å². The number of hydrogen-bond donors (Lipinski definition) is 1. The molecule has 0 radical (unpaired) electrons. The van der Waals surface area contributed by atoms with Gasteiger partial charge in [0.05, 0.1) is 19.9 Å². The quantitative estimate of drug-likeness (QED) is 0.813. The van der Waals surface area contributed by atoms with Crippen LogP contribution in [0.25, 0.3) is 0 Å². The van der Waals surface area contributed by atoms with E-state index in [1.807, 2.05) is 41.3 Å². The van der Waals surface area contributed by atoms with Gasteiger partial charge in [-0.1, -0.05) is 12.1 Å². The van der Waals surface area contributed by atoms with E-state index in [4.69, 9.17) is 9.47 Å². The third-order valence-electron chi connectivity index (χ3n) is 4.83. The number of para-hydroxylation sites is 2. The summed E-state index contributed by atoms with van der Waals surface area (Å²) in [6.45, 7) is 3.78. The number of carbonyl (C=O) groups excluding carboxylic acids is 1. The molecule has 1 aliphatic heterocycles. The molecule has 0 spiro atoms. The van der Waals surface area contributed by atoms with E-state index < -0.39 is 0 Å². The lowest BCUT2D eigenvalue weighted by atomic mass is 10.2. The maximum atomic E-state index is 12.5. The van der Waals surface area contributed by atoms with Crippen molar-refractivity contribution in [2.24, 2.45) is 0 Å². The van der Waals surface area contributed by atoms with E-state index in [2.05, 4.69) is 22.3 Å². The van der Waals surface area contributed by atoms with Crippen LogP contribution >= 0.6 is 0 Å². The number of ether oxygens (including phenoxy) is 2. The molecular formula is C21H27N3O3. The van der Waals surface area contributed by atoms with Gasteiger partial charge >= 0.3 is 0 Å². The van der Waals surface area contributed by atoms with Crippen molar-refractivity contribution < 1.29 is 14.3 Å². The molecule has 0 aliphatic carbocycles. The summed E-state index contributed by atoms with van der Waals surface area (Å²) in [5.74, 6) is 1.83. The van der Waals surface area contributed by atoms with Crippen LogP contribution in [0, 0.1) is 0 Å². The smallest absolute Gasteiger partial charge is 0.224 e. The minimum Gasteiger partial charge on any atom is -0.497 e. The lowest BCUT2D eigenvalue weighted by Gasteiger charge is -2.36. The zero-order valence-corrected chi connectivity index (χ0v) is 16.0. The Morgan fingerprint density at radius 3 is 2.33 bits per heavy atom. The van der Waals surface area contributed by atoms with Gasteiger partial charge in [0.1, 0.15) is 11.5 Å². The van der Waals surface area contributed by atoms with Gasteiger partial charge in [-0.25, -0.2) is 0 Å². The summed E-state index contributed by atoms with van der Waals surface area (Å²) in [6.07, 6.45) is 0.473. The molecule has 6 heteroatoms. The topological polar surface area (TPSA) is 54.0 Å². The summed E-state index contributed by atoms with van der Waals surface area (Å²) in [7, 11) is 3.32. The summed E-state index contributed by atoms with van der Waals surface area (Å²) < 4.78 is 10.5. The van der Waals surface area contributed by atoms with Crippen LogP contribution in [-0.2, 0) is 4.79 Å². The van der Waals surface area contributed by atoms with E-state index >= 15 is 0 Å². The number of piperazine rings is 1. The fraction of sp³-hybridized carbons (Fsp3) is 0.381. The molecule has 27 heavy (non-hydrogen) atoms. The van der Waals surface area contributed by atoms with Gasteiger partial charge in [0.15, 0.2) is 0 Å². The molecule has 1 heterocycles. The van der Waals surface area contributed by atoms with Gasteiger partial charge in [0, 0.05) is 44.8 Å². The summed E-state index contributed by atoms with van der Waals surface area (Å²) in [5.41, 5.74) is 2.08. The van der Waals surface area contributed by atoms with E-state index in [0.29, 0.717) is 13.0 Å². The number of hydrogen-bond acceptors (Lipinski definition) is 5. The normalized spacial score (nSPS) is 14.0. The second-order valence-corrected chi connectivity index (χ2v) is 6.44. The van der Waals surface area contributed by atoms with E-state index in [9.17, 15) is 4.79 Å². The number of benzene rings is 2. The maximum absolute atomic E-state index is 12.5. The molecule has 2 aromatic carbocycles. The molecule has 0 aromatic heterocycles. The number of carbonyl (C=O) groups is 1. The average Bonchev–Trinajstić information content (AvgIpc) is 2.74. The van der Waals surface area contributed by atoms with Crippen LogP contribution in [0.5, 0.6) is 11.5 Å². The Kier molecular flexibility index (Phi) is 6.41. The number of rotatable bonds is 7. The van der Waals surface area contributed by atoms with Crippen molar-refractivity contribution in [2.75, 3.05) is 57.2 Å². The molecular weight excluding hydrogens is 342 g/mol. The molecule has 6 nitrogen and oxygen atoms in total.